The smallest absolute Gasteiger partial charge is 0.322 e. The number of nitrogens with two attached hydrogens (primary N) is 1. The lowest BCUT2D eigenvalue weighted by Gasteiger charge is -2.06. The van der Waals surface area contributed by atoms with Crippen LogP contribution in [0.3, 0.4) is 0 Å². The van der Waals surface area contributed by atoms with Crippen molar-refractivity contribution in [3.63, 3.8) is 0 Å². The Kier molecular flexibility index (Phi) is 4.57. The molecule has 1 heterocycles. The highest BCUT2D eigenvalue weighted by Crippen LogP contribution is 2.28. The molecule has 100 valence electrons. The Hall–Kier alpha value is -1.82. The Bertz CT molecular complexity index is 562. The largest absolute Gasteiger partial charge is 0.463 e. The normalized spacial score (nSPS) is 10.4. The molecule has 6 heteroatoms. The SMILES string of the molecule is CCCOc1nc(N)nc(Sc2ccccc2C)n1. The van der Waals surface area contributed by atoms with Crippen molar-refractivity contribution < 1.29 is 4.74 Å². The second-order valence-electron chi connectivity index (χ2n) is 3.97. The van der Waals surface area contributed by atoms with Crippen LogP contribution in [0.1, 0.15) is 18.9 Å². The molecule has 0 bridgehead atoms. The van der Waals surface area contributed by atoms with Crippen molar-refractivity contribution in [3.05, 3.63) is 29.8 Å². The second-order valence-corrected chi connectivity index (χ2v) is 4.98. The molecular formula is C13H16N4OS. The molecule has 19 heavy (non-hydrogen) atoms. The number of nitrogens with zero attached hydrogens (tertiary/aromatic N) is 3. The topological polar surface area (TPSA) is 73.9 Å². The molecule has 0 atom stereocenters. The summed E-state index contributed by atoms with van der Waals surface area (Å²) in [5.41, 5.74) is 6.84. The molecular weight excluding hydrogens is 260 g/mol. The molecule has 2 rings (SSSR count). The quantitative estimate of drug-likeness (QED) is 0.905. The Morgan fingerprint density at radius 3 is 2.74 bits per heavy atom. The number of ether oxygens (including phenoxy) is 1. The van der Waals surface area contributed by atoms with Crippen molar-refractivity contribution >= 4 is 17.7 Å². The van der Waals surface area contributed by atoms with Crippen LogP contribution in [0, 0.1) is 6.92 Å². The van der Waals surface area contributed by atoms with Gasteiger partial charge in [-0.2, -0.15) is 15.0 Å². The van der Waals surface area contributed by atoms with Crippen LogP contribution in [0.25, 0.3) is 0 Å². The van der Waals surface area contributed by atoms with Crippen LogP contribution in [0.4, 0.5) is 5.95 Å². The highest BCUT2D eigenvalue weighted by Gasteiger charge is 2.08. The minimum absolute atomic E-state index is 0.178. The van der Waals surface area contributed by atoms with Gasteiger partial charge in [0.05, 0.1) is 6.61 Å². The van der Waals surface area contributed by atoms with Crippen molar-refractivity contribution in [1.82, 2.24) is 15.0 Å². The van der Waals surface area contributed by atoms with Gasteiger partial charge in [-0.15, -0.1) is 0 Å². The summed E-state index contributed by atoms with van der Waals surface area (Å²) in [6.45, 7) is 4.63. The van der Waals surface area contributed by atoms with Gasteiger partial charge < -0.3 is 10.5 Å². The van der Waals surface area contributed by atoms with E-state index in [1.54, 1.807) is 0 Å². The Balaban J connectivity index is 2.20. The van der Waals surface area contributed by atoms with E-state index in [4.69, 9.17) is 10.5 Å². The number of hydrogen-bond donors (Lipinski definition) is 1. The predicted octanol–water partition coefficient (Wildman–Crippen LogP) is 2.70. The van der Waals surface area contributed by atoms with Crippen molar-refractivity contribution in [2.24, 2.45) is 0 Å². The van der Waals surface area contributed by atoms with Gasteiger partial charge in [0.15, 0.2) is 0 Å². The van der Waals surface area contributed by atoms with Gasteiger partial charge in [-0.1, -0.05) is 25.1 Å². The first-order chi connectivity index (χ1) is 9.19. The first-order valence-corrected chi connectivity index (χ1v) is 6.88. The summed E-state index contributed by atoms with van der Waals surface area (Å²) in [7, 11) is 0. The molecule has 0 aliphatic carbocycles. The summed E-state index contributed by atoms with van der Waals surface area (Å²) in [6, 6.07) is 8.32. The predicted molar refractivity (Wildman–Crippen MR) is 75.3 cm³/mol. The Morgan fingerprint density at radius 2 is 2.00 bits per heavy atom. The Morgan fingerprint density at radius 1 is 1.21 bits per heavy atom. The minimum atomic E-state index is 0.178. The average molecular weight is 276 g/mol. The molecule has 5 nitrogen and oxygen atoms in total. The fraction of sp³-hybridized carbons (Fsp3) is 0.308. The third-order valence-corrected chi connectivity index (χ3v) is 3.38. The summed E-state index contributed by atoms with van der Waals surface area (Å²) in [4.78, 5) is 13.4. The fourth-order valence-electron chi connectivity index (χ4n) is 1.43. The number of hydrogen-bond acceptors (Lipinski definition) is 6. The van der Waals surface area contributed by atoms with Gasteiger partial charge in [-0.05, 0) is 36.7 Å². The molecule has 1 aromatic heterocycles. The van der Waals surface area contributed by atoms with Gasteiger partial charge in [0.2, 0.25) is 11.1 Å². The van der Waals surface area contributed by atoms with Gasteiger partial charge in [-0.25, -0.2) is 0 Å². The zero-order valence-electron chi connectivity index (χ0n) is 11.0. The maximum absolute atomic E-state index is 5.67. The molecule has 1 aromatic carbocycles. The van der Waals surface area contributed by atoms with Gasteiger partial charge in [0.25, 0.3) is 0 Å². The average Bonchev–Trinajstić information content (AvgIpc) is 2.38. The number of rotatable bonds is 5. The fourth-order valence-corrected chi connectivity index (χ4v) is 2.26. The number of aryl methyl sites for hydroxylation is 1. The number of anilines is 1. The molecule has 0 spiro atoms. The van der Waals surface area contributed by atoms with Crippen LogP contribution in [0.15, 0.2) is 34.3 Å². The van der Waals surface area contributed by atoms with E-state index in [1.807, 2.05) is 38.1 Å². The summed E-state index contributed by atoms with van der Waals surface area (Å²) >= 11 is 1.45. The minimum Gasteiger partial charge on any atom is -0.463 e. The first kappa shape index (κ1) is 13.6. The third kappa shape index (κ3) is 3.82. The number of nitrogen functional groups attached to an aromatic ring is 1. The van der Waals surface area contributed by atoms with Gasteiger partial charge >= 0.3 is 6.01 Å². The third-order valence-electron chi connectivity index (χ3n) is 2.34. The molecule has 0 unspecified atom stereocenters. The zero-order valence-corrected chi connectivity index (χ0v) is 11.8. The maximum atomic E-state index is 5.67. The van der Waals surface area contributed by atoms with E-state index in [1.165, 1.54) is 17.3 Å². The number of aromatic nitrogens is 3. The van der Waals surface area contributed by atoms with Crippen LogP contribution >= 0.6 is 11.8 Å². The van der Waals surface area contributed by atoms with E-state index in [2.05, 4.69) is 15.0 Å². The molecule has 0 saturated carbocycles. The van der Waals surface area contributed by atoms with E-state index in [0.29, 0.717) is 11.8 Å². The van der Waals surface area contributed by atoms with Crippen molar-refractivity contribution in [2.75, 3.05) is 12.3 Å². The molecule has 0 amide bonds. The monoisotopic (exact) mass is 276 g/mol. The number of benzene rings is 1. The Labute approximate surface area is 116 Å². The zero-order chi connectivity index (χ0) is 13.7. The molecule has 0 aliphatic rings. The van der Waals surface area contributed by atoms with Crippen molar-refractivity contribution in [3.8, 4) is 6.01 Å². The molecule has 0 radical (unpaired) electrons. The van der Waals surface area contributed by atoms with E-state index in [-0.39, 0.29) is 12.0 Å². The standard InChI is InChI=1S/C13H16N4OS/c1-3-8-18-12-15-11(14)16-13(17-12)19-10-7-5-4-6-9(10)2/h4-7H,3,8H2,1-2H3,(H2,14,15,16,17). The lowest BCUT2D eigenvalue weighted by atomic mass is 10.2. The molecule has 0 fully saturated rings. The molecule has 0 saturated heterocycles. The van der Waals surface area contributed by atoms with Gasteiger partial charge in [0.1, 0.15) is 0 Å². The van der Waals surface area contributed by atoms with E-state index >= 15 is 0 Å². The van der Waals surface area contributed by atoms with Crippen LogP contribution < -0.4 is 10.5 Å². The summed E-state index contributed by atoms with van der Waals surface area (Å²) in [5.74, 6) is 0.178. The molecule has 2 aromatic rings. The molecule has 2 N–H and O–H groups in total. The van der Waals surface area contributed by atoms with Gasteiger partial charge in [0, 0.05) is 4.90 Å². The van der Waals surface area contributed by atoms with E-state index < -0.39 is 0 Å². The second kappa shape index (κ2) is 6.38. The van der Waals surface area contributed by atoms with Crippen LogP contribution in [-0.2, 0) is 0 Å². The van der Waals surface area contributed by atoms with Crippen molar-refractivity contribution in [2.45, 2.75) is 30.3 Å². The first-order valence-electron chi connectivity index (χ1n) is 6.07. The van der Waals surface area contributed by atoms with Gasteiger partial charge in [-0.3, -0.25) is 0 Å². The summed E-state index contributed by atoms with van der Waals surface area (Å²) < 4.78 is 5.39. The maximum Gasteiger partial charge on any atom is 0.322 e. The van der Waals surface area contributed by atoms with Crippen LogP contribution in [0.2, 0.25) is 0 Å². The van der Waals surface area contributed by atoms with E-state index in [0.717, 1.165) is 11.3 Å². The highest BCUT2D eigenvalue weighted by molar-refractivity contribution is 7.99. The summed E-state index contributed by atoms with van der Waals surface area (Å²) in [5, 5.41) is 0.549. The van der Waals surface area contributed by atoms with Crippen LogP contribution in [-0.4, -0.2) is 21.6 Å². The van der Waals surface area contributed by atoms with Crippen LogP contribution in [0.5, 0.6) is 6.01 Å². The molecule has 0 aliphatic heterocycles. The van der Waals surface area contributed by atoms with E-state index in [9.17, 15) is 0 Å². The lowest BCUT2D eigenvalue weighted by Crippen LogP contribution is -2.05. The summed E-state index contributed by atoms with van der Waals surface area (Å²) in [6.07, 6.45) is 0.895. The highest BCUT2D eigenvalue weighted by atomic mass is 32.2. The van der Waals surface area contributed by atoms with Crippen molar-refractivity contribution in [1.29, 1.82) is 0 Å². The lowest BCUT2D eigenvalue weighted by molar-refractivity contribution is 0.288.